The second kappa shape index (κ2) is 3.80. The highest BCUT2D eigenvalue weighted by molar-refractivity contribution is 5.74. The molecule has 1 heterocycles. The van der Waals surface area contributed by atoms with Crippen LogP contribution in [0.2, 0.25) is 0 Å². The summed E-state index contributed by atoms with van der Waals surface area (Å²) in [6.07, 6.45) is 4.53. The van der Waals surface area contributed by atoms with Crippen LogP contribution in [0.5, 0.6) is 5.75 Å². The van der Waals surface area contributed by atoms with Crippen LogP contribution in [0, 0.1) is 0 Å². The number of rotatable bonds is 3. The topological polar surface area (TPSA) is 53.1 Å². The second-order valence-corrected chi connectivity index (χ2v) is 4.41. The highest BCUT2D eigenvalue weighted by Crippen LogP contribution is 2.31. The molecule has 0 saturated heterocycles. The van der Waals surface area contributed by atoms with Gasteiger partial charge in [0, 0.05) is 12.6 Å². The van der Waals surface area contributed by atoms with E-state index in [4.69, 9.17) is 10.5 Å². The Kier molecular flexibility index (Phi) is 2.28. The van der Waals surface area contributed by atoms with Crippen molar-refractivity contribution in [1.82, 2.24) is 9.78 Å². The number of aromatic nitrogens is 2. The summed E-state index contributed by atoms with van der Waals surface area (Å²) in [5.41, 5.74) is 7.96. The summed E-state index contributed by atoms with van der Waals surface area (Å²) in [5.74, 6) is 1.59. The van der Waals surface area contributed by atoms with Gasteiger partial charge in [0.15, 0.2) is 0 Å². The van der Waals surface area contributed by atoms with Crippen LogP contribution >= 0.6 is 0 Å². The normalized spacial score (nSPS) is 14.9. The maximum atomic E-state index is 5.96. The molecule has 1 aliphatic carbocycles. The van der Waals surface area contributed by atoms with Crippen molar-refractivity contribution in [2.45, 2.75) is 18.9 Å². The van der Waals surface area contributed by atoms with Gasteiger partial charge in [0.25, 0.3) is 0 Å². The Hall–Kier alpha value is -1.97. The number of nitrogen functional groups attached to an aromatic ring is 1. The number of hydrogen-bond donors (Lipinski definition) is 1. The van der Waals surface area contributed by atoms with Crippen LogP contribution < -0.4 is 10.5 Å². The fraction of sp³-hybridized carbons (Fsp3) is 0.308. The zero-order valence-electron chi connectivity index (χ0n) is 9.76. The number of nitrogens with zero attached hydrogens (tertiary/aromatic N) is 2. The Morgan fingerprint density at radius 1 is 1.41 bits per heavy atom. The van der Waals surface area contributed by atoms with Gasteiger partial charge in [0.1, 0.15) is 11.6 Å². The highest BCUT2D eigenvalue weighted by atomic mass is 16.5. The molecule has 0 bridgehead atoms. The molecule has 4 heteroatoms. The zero-order chi connectivity index (χ0) is 11.8. The summed E-state index contributed by atoms with van der Waals surface area (Å²) in [4.78, 5) is 0. The minimum Gasteiger partial charge on any atom is -0.490 e. The van der Waals surface area contributed by atoms with E-state index in [1.807, 2.05) is 31.3 Å². The van der Waals surface area contributed by atoms with E-state index in [9.17, 15) is 0 Å². The van der Waals surface area contributed by atoms with E-state index < -0.39 is 0 Å². The van der Waals surface area contributed by atoms with Crippen molar-refractivity contribution in [2.75, 3.05) is 5.73 Å². The average Bonchev–Trinajstić information content (AvgIpc) is 3.07. The lowest BCUT2D eigenvalue weighted by molar-refractivity contribution is 0.303. The van der Waals surface area contributed by atoms with E-state index in [1.54, 1.807) is 10.9 Å². The van der Waals surface area contributed by atoms with Crippen LogP contribution in [-0.4, -0.2) is 15.9 Å². The third-order valence-electron chi connectivity index (χ3n) is 2.96. The molecule has 2 aromatic rings. The molecule has 0 unspecified atom stereocenters. The van der Waals surface area contributed by atoms with Crippen LogP contribution in [-0.2, 0) is 7.05 Å². The SMILES string of the molecule is Cn1ncc(-c2cccc(OC3CC3)c2)c1N. The monoisotopic (exact) mass is 229 g/mol. The van der Waals surface area contributed by atoms with E-state index in [2.05, 4.69) is 5.10 Å². The molecule has 0 atom stereocenters. The molecule has 17 heavy (non-hydrogen) atoms. The third-order valence-corrected chi connectivity index (χ3v) is 2.96. The number of benzene rings is 1. The maximum absolute atomic E-state index is 5.96. The van der Waals surface area contributed by atoms with Crippen LogP contribution in [0.3, 0.4) is 0 Å². The molecule has 1 aliphatic rings. The minimum atomic E-state index is 0.413. The highest BCUT2D eigenvalue weighted by Gasteiger charge is 2.23. The van der Waals surface area contributed by atoms with E-state index in [0.29, 0.717) is 11.9 Å². The largest absolute Gasteiger partial charge is 0.490 e. The van der Waals surface area contributed by atoms with Crippen LogP contribution in [0.4, 0.5) is 5.82 Å². The summed E-state index contributed by atoms with van der Waals surface area (Å²) in [7, 11) is 1.84. The minimum absolute atomic E-state index is 0.413. The molecule has 1 saturated carbocycles. The van der Waals surface area contributed by atoms with Crippen molar-refractivity contribution in [3.05, 3.63) is 30.5 Å². The average molecular weight is 229 g/mol. The molecule has 0 radical (unpaired) electrons. The van der Waals surface area contributed by atoms with Crippen molar-refractivity contribution in [3.8, 4) is 16.9 Å². The van der Waals surface area contributed by atoms with Crippen molar-refractivity contribution in [2.24, 2.45) is 7.05 Å². The van der Waals surface area contributed by atoms with Crippen LogP contribution in [0.15, 0.2) is 30.5 Å². The van der Waals surface area contributed by atoms with Crippen molar-refractivity contribution < 1.29 is 4.74 Å². The van der Waals surface area contributed by atoms with E-state index in [0.717, 1.165) is 16.9 Å². The Morgan fingerprint density at radius 3 is 2.88 bits per heavy atom. The van der Waals surface area contributed by atoms with Gasteiger partial charge in [-0.25, -0.2) is 0 Å². The van der Waals surface area contributed by atoms with Gasteiger partial charge in [-0.15, -0.1) is 0 Å². The summed E-state index contributed by atoms with van der Waals surface area (Å²) in [6.45, 7) is 0. The molecular weight excluding hydrogens is 214 g/mol. The molecule has 4 nitrogen and oxygen atoms in total. The zero-order valence-corrected chi connectivity index (χ0v) is 9.76. The van der Waals surface area contributed by atoms with Crippen molar-refractivity contribution in [1.29, 1.82) is 0 Å². The number of anilines is 1. The van der Waals surface area contributed by atoms with Gasteiger partial charge in [0.2, 0.25) is 0 Å². The van der Waals surface area contributed by atoms with Gasteiger partial charge in [-0.05, 0) is 30.5 Å². The third kappa shape index (κ3) is 1.98. The van der Waals surface area contributed by atoms with E-state index in [1.165, 1.54) is 12.8 Å². The number of aryl methyl sites for hydroxylation is 1. The summed E-state index contributed by atoms with van der Waals surface area (Å²) < 4.78 is 7.44. The van der Waals surface area contributed by atoms with Crippen LogP contribution in [0.25, 0.3) is 11.1 Å². The first kappa shape index (κ1) is 10.2. The lowest BCUT2D eigenvalue weighted by atomic mass is 10.1. The standard InChI is InChI=1S/C13H15N3O/c1-16-13(14)12(8-15-16)9-3-2-4-11(7-9)17-10-5-6-10/h2-4,7-8,10H,5-6,14H2,1H3. The van der Waals surface area contributed by atoms with Gasteiger partial charge >= 0.3 is 0 Å². The number of nitrogens with two attached hydrogens (primary N) is 1. The molecule has 3 rings (SSSR count). The fourth-order valence-corrected chi connectivity index (χ4v) is 1.78. The van der Waals surface area contributed by atoms with Crippen molar-refractivity contribution in [3.63, 3.8) is 0 Å². The van der Waals surface area contributed by atoms with E-state index >= 15 is 0 Å². The quantitative estimate of drug-likeness (QED) is 0.877. The first-order valence-electron chi connectivity index (χ1n) is 5.78. The summed E-state index contributed by atoms with van der Waals surface area (Å²) in [6, 6.07) is 8.01. The molecular formula is C13H15N3O. The molecule has 88 valence electrons. The summed E-state index contributed by atoms with van der Waals surface area (Å²) in [5, 5.41) is 4.15. The predicted molar refractivity (Wildman–Crippen MR) is 66.7 cm³/mol. The Labute approximate surface area is 100 Å². The maximum Gasteiger partial charge on any atom is 0.129 e. The van der Waals surface area contributed by atoms with Gasteiger partial charge in [-0.1, -0.05) is 12.1 Å². The molecule has 0 spiro atoms. The van der Waals surface area contributed by atoms with Crippen molar-refractivity contribution >= 4 is 5.82 Å². The van der Waals surface area contributed by atoms with E-state index in [-0.39, 0.29) is 0 Å². The lowest BCUT2D eigenvalue weighted by Crippen LogP contribution is -1.98. The first-order chi connectivity index (χ1) is 8.24. The number of ether oxygens (including phenoxy) is 1. The first-order valence-corrected chi connectivity index (χ1v) is 5.78. The Balaban J connectivity index is 1.93. The fourth-order valence-electron chi connectivity index (χ4n) is 1.78. The van der Waals surface area contributed by atoms with Gasteiger partial charge in [-0.3, -0.25) is 4.68 Å². The van der Waals surface area contributed by atoms with Gasteiger partial charge < -0.3 is 10.5 Å². The molecule has 0 amide bonds. The Bertz CT molecular complexity index is 543. The number of hydrogen-bond acceptors (Lipinski definition) is 3. The Morgan fingerprint density at radius 2 is 2.24 bits per heavy atom. The smallest absolute Gasteiger partial charge is 0.129 e. The second-order valence-electron chi connectivity index (χ2n) is 4.41. The molecule has 1 aromatic carbocycles. The molecule has 1 aromatic heterocycles. The van der Waals surface area contributed by atoms with Gasteiger partial charge in [-0.2, -0.15) is 5.10 Å². The molecule has 2 N–H and O–H groups in total. The predicted octanol–water partition coefficient (Wildman–Crippen LogP) is 2.21. The molecule has 0 aliphatic heterocycles. The lowest BCUT2D eigenvalue weighted by Gasteiger charge is -2.06. The van der Waals surface area contributed by atoms with Gasteiger partial charge in [0.05, 0.1) is 12.3 Å². The summed E-state index contributed by atoms with van der Waals surface area (Å²) >= 11 is 0. The van der Waals surface area contributed by atoms with Crippen LogP contribution in [0.1, 0.15) is 12.8 Å². The molecule has 1 fully saturated rings.